The Labute approximate surface area is 53.0 Å². The molecule has 5 heteroatoms. The summed E-state index contributed by atoms with van der Waals surface area (Å²) in [7, 11) is 4.74. The van der Waals surface area contributed by atoms with E-state index in [-0.39, 0.29) is 0 Å². The molecule has 0 aromatic heterocycles. The van der Waals surface area contributed by atoms with Gasteiger partial charge in [0.15, 0.2) is 6.29 Å². The highest BCUT2D eigenvalue weighted by atomic mass is 16.5. The maximum Gasteiger partial charge on any atom is 0.287 e. The van der Waals surface area contributed by atoms with E-state index < -0.39 is 5.72 Å². The van der Waals surface area contributed by atoms with Crippen LogP contribution in [0.25, 0.3) is 0 Å². The highest BCUT2D eigenvalue weighted by Gasteiger charge is 2.26. The molecule has 0 aliphatic carbocycles. The quantitative estimate of drug-likeness (QED) is 0.381. The molecule has 1 rings (SSSR count). The highest BCUT2D eigenvalue weighted by molar-refractivity contribution is 5.99. The van der Waals surface area contributed by atoms with Gasteiger partial charge in [-0.25, -0.2) is 0 Å². The molecule has 1 atom stereocenters. The van der Waals surface area contributed by atoms with Crippen molar-refractivity contribution in [1.29, 1.82) is 0 Å². The fourth-order valence-electron chi connectivity index (χ4n) is 0.451. The number of azo groups is 1. The molecule has 1 aliphatic rings. The summed E-state index contributed by atoms with van der Waals surface area (Å²) >= 11 is 0. The zero-order chi connectivity index (χ0) is 6.74. The van der Waals surface area contributed by atoms with Crippen molar-refractivity contribution in [3.05, 3.63) is 12.3 Å². The van der Waals surface area contributed by atoms with Crippen LogP contribution in [0, 0.1) is 0 Å². The number of nitrogens with zero attached hydrogens (tertiary/aromatic N) is 2. The van der Waals surface area contributed by atoms with Crippen LogP contribution in [0.1, 0.15) is 0 Å². The fourth-order valence-corrected chi connectivity index (χ4v) is 0.451. The number of carbonyl (C=O) groups is 1. The van der Waals surface area contributed by atoms with Gasteiger partial charge in [0.05, 0.1) is 6.20 Å². The molecule has 9 heavy (non-hydrogen) atoms. The molecule has 0 N–H and O–H groups in total. The maximum atomic E-state index is 10.2. The zero-order valence-corrected chi connectivity index (χ0v) is 4.52. The lowest BCUT2D eigenvalue weighted by Crippen LogP contribution is -2.26. The Morgan fingerprint density at radius 2 is 2.56 bits per heavy atom. The summed E-state index contributed by atoms with van der Waals surface area (Å²) in [6, 6.07) is 0. The van der Waals surface area contributed by atoms with E-state index in [9.17, 15) is 4.79 Å². The lowest BCUT2D eigenvalue weighted by Gasteiger charge is -2.11. The predicted molar refractivity (Wildman–Crippen MR) is 29.6 cm³/mol. The Kier molecular flexibility index (Phi) is 1.44. The topological polar surface area (TPSA) is 51.0 Å². The Morgan fingerprint density at radius 3 is 2.78 bits per heavy atom. The zero-order valence-electron chi connectivity index (χ0n) is 4.52. The summed E-state index contributed by atoms with van der Waals surface area (Å²) in [6.45, 7) is 0. The van der Waals surface area contributed by atoms with Crippen molar-refractivity contribution in [3.8, 4) is 0 Å². The first-order chi connectivity index (χ1) is 4.33. The van der Waals surface area contributed by atoms with E-state index in [1.807, 2.05) is 0 Å². The second-order valence-electron chi connectivity index (χ2n) is 1.52. The van der Waals surface area contributed by atoms with Gasteiger partial charge >= 0.3 is 0 Å². The minimum atomic E-state index is -1.35. The molecule has 0 aromatic rings. The number of hydrogen-bond acceptors (Lipinski definition) is 4. The molecule has 0 spiro atoms. The first kappa shape index (κ1) is 6.16. The van der Waals surface area contributed by atoms with E-state index in [1.165, 1.54) is 12.3 Å². The van der Waals surface area contributed by atoms with Crippen LogP contribution in [-0.2, 0) is 9.45 Å². The Bertz CT molecular complexity index is 165. The van der Waals surface area contributed by atoms with Gasteiger partial charge in [0.1, 0.15) is 0 Å². The minimum absolute atomic E-state index is 0.472. The van der Waals surface area contributed by atoms with Crippen LogP contribution >= 0.6 is 0 Å². The van der Waals surface area contributed by atoms with Crippen molar-refractivity contribution in [2.75, 3.05) is 0 Å². The fraction of sp³-hybridized carbons (Fsp3) is 0.250. The number of carbonyl (C=O) groups excluding carboxylic acids is 1. The van der Waals surface area contributed by atoms with E-state index in [0.717, 1.165) is 0 Å². The van der Waals surface area contributed by atoms with Crippen molar-refractivity contribution < 1.29 is 9.45 Å². The Balaban J connectivity index is 2.81. The molecular formula is C4H3BN2O2. The molecule has 0 amide bonds. The third-order valence-electron chi connectivity index (χ3n) is 0.952. The van der Waals surface area contributed by atoms with E-state index in [1.54, 1.807) is 0 Å². The smallest absolute Gasteiger partial charge is 0.287 e. The molecule has 0 saturated heterocycles. The predicted octanol–water partition coefficient (Wildman–Crippen LogP) is -0.0388. The molecule has 4 nitrogen and oxygen atoms in total. The van der Waals surface area contributed by atoms with Gasteiger partial charge in [-0.2, -0.15) is 5.11 Å². The Morgan fingerprint density at radius 1 is 1.78 bits per heavy atom. The molecule has 0 fully saturated rings. The normalized spacial score (nSPS) is 31.1. The second kappa shape index (κ2) is 2.10. The van der Waals surface area contributed by atoms with Crippen LogP contribution in [0.5, 0.6) is 0 Å². The van der Waals surface area contributed by atoms with Crippen LogP contribution in [0.2, 0.25) is 0 Å². The lowest BCUT2D eigenvalue weighted by molar-refractivity contribution is -0.117. The molecule has 1 unspecified atom stereocenters. The van der Waals surface area contributed by atoms with Crippen LogP contribution in [-0.4, -0.2) is 20.1 Å². The molecule has 44 valence electrons. The van der Waals surface area contributed by atoms with Gasteiger partial charge in [-0.3, -0.25) is 4.79 Å². The third-order valence-corrected chi connectivity index (χ3v) is 0.952. The second-order valence-corrected chi connectivity index (χ2v) is 1.52. The molecule has 0 bridgehead atoms. The van der Waals surface area contributed by atoms with E-state index in [2.05, 4.69) is 14.9 Å². The van der Waals surface area contributed by atoms with Crippen molar-refractivity contribution in [1.82, 2.24) is 0 Å². The number of hydrogen-bond donors (Lipinski definition) is 0. The van der Waals surface area contributed by atoms with Crippen molar-refractivity contribution in [3.63, 3.8) is 0 Å². The van der Waals surface area contributed by atoms with Crippen molar-refractivity contribution in [2.45, 2.75) is 5.72 Å². The Hall–Kier alpha value is -0.965. The van der Waals surface area contributed by atoms with Gasteiger partial charge in [-0.15, -0.1) is 5.11 Å². The first-order valence-corrected chi connectivity index (χ1v) is 2.27. The van der Waals surface area contributed by atoms with Gasteiger partial charge in [0, 0.05) is 0 Å². The van der Waals surface area contributed by atoms with Crippen LogP contribution in [0.4, 0.5) is 0 Å². The summed E-state index contributed by atoms with van der Waals surface area (Å²) in [6.07, 6.45) is 3.18. The van der Waals surface area contributed by atoms with E-state index in [0.29, 0.717) is 6.29 Å². The van der Waals surface area contributed by atoms with Gasteiger partial charge in [-0.05, 0) is 6.08 Å². The molecule has 1 heterocycles. The lowest BCUT2D eigenvalue weighted by atomic mass is 10.2. The van der Waals surface area contributed by atoms with Gasteiger partial charge in [0.2, 0.25) is 5.72 Å². The largest absolute Gasteiger partial charge is 0.416 e. The van der Waals surface area contributed by atoms with Gasteiger partial charge in [-0.1, -0.05) is 0 Å². The molecule has 0 saturated carbocycles. The summed E-state index contributed by atoms with van der Waals surface area (Å²) < 4.78 is 4.23. The maximum absolute atomic E-state index is 10.2. The van der Waals surface area contributed by atoms with E-state index in [4.69, 9.17) is 8.05 Å². The SMILES string of the molecule is [B]OC1(C=O)C=CN=N1. The van der Waals surface area contributed by atoms with Crippen molar-refractivity contribution in [2.24, 2.45) is 10.2 Å². The van der Waals surface area contributed by atoms with Crippen molar-refractivity contribution >= 4 is 14.3 Å². The molecular weight excluding hydrogens is 119 g/mol. The van der Waals surface area contributed by atoms with E-state index >= 15 is 0 Å². The van der Waals surface area contributed by atoms with Gasteiger partial charge < -0.3 is 4.65 Å². The molecule has 0 aromatic carbocycles. The summed E-state index contributed by atoms with van der Waals surface area (Å²) in [5.41, 5.74) is -1.35. The molecule has 1 aliphatic heterocycles. The van der Waals surface area contributed by atoms with Gasteiger partial charge in [0.25, 0.3) is 8.05 Å². The van der Waals surface area contributed by atoms with Crippen LogP contribution in [0.3, 0.4) is 0 Å². The minimum Gasteiger partial charge on any atom is -0.416 e. The monoisotopic (exact) mass is 122 g/mol. The van der Waals surface area contributed by atoms with Crippen LogP contribution in [0.15, 0.2) is 22.5 Å². The highest BCUT2D eigenvalue weighted by Crippen LogP contribution is 2.16. The summed E-state index contributed by atoms with van der Waals surface area (Å²) in [4.78, 5) is 10.2. The number of aldehydes is 1. The van der Waals surface area contributed by atoms with Crippen LogP contribution < -0.4 is 0 Å². The summed E-state index contributed by atoms with van der Waals surface area (Å²) in [5, 5.41) is 6.79. The third kappa shape index (κ3) is 0.905. The first-order valence-electron chi connectivity index (χ1n) is 2.27. The summed E-state index contributed by atoms with van der Waals surface area (Å²) in [5.74, 6) is 0. The standard InChI is InChI=1S/C4H3BN2O2/c5-9-4(3-8)1-2-6-7-4/h1-3H. The molecule has 2 radical (unpaired) electrons. The average molecular weight is 122 g/mol. The number of rotatable bonds is 2. The average Bonchev–Trinajstić information content (AvgIpc) is 2.36.